The van der Waals surface area contributed by atoms with Crippen LogP contribution in [0.5, 0.6) is 0 Å². The number of anilines is 1. The molecule has 6 heterocycles. The third-order valence-electron chi connectivity index (χ3n) is 11.3. The van der Waals surface area contributed by atoms with Gasteiger partial charge in [0.2, 0.25) is 23.6 Å². The summed E-state index contributed by atoms with van der Waals surface area (Å²) in [7, 11) is 1.55. The van der Waals surface area contributed by atoms with E-state index < -0.39 is 11.2 Å². The van der Waals surface area contributed by atoms with Gasteiger partial charge >= 0.3 is 5.76 Å². The van der Waals surface area contributed by atoms with Gasteiger partial charge in [-0.15, -0.1) is 5.10 Å². The molecule has 4 aliphatic rings. The number of rotatable bonds is 6. The summed E-state index contributed by atoms with van der Waals surface area (Å²) in [6.07, 6.45) is 6.17. The van der Waals surface area contributed by atoms with Crippen LogP contribution in [0.25, 0.3) is 27.9 Å². The Kier molecular flexibility index (Phi) is 8.17. The fourth-order valence-corrected chi connectivity index (χ4v) is 8.26. The lowest BCUT2D eigenvalue weighted by Gasteiger charge is -2.31. The minimum atomic E-state index is -0.498. The van der Waals surface area contributed by atoms with Crippen molar-refractivity contribution in [2.24, 2.45) is 12.5 Å². The Morgan fingerprint density at radius 1 is 0.960 bits per heavy atom. The molecule has 260 valence electrons. The highest BCUT2D eigenvalue weighted by Crippen LogP contribution is 2.43. The quantitative estimate of drug-likeness (QED) is 0.328. The van der Waals surface area contributed by atoms with Crippen LogP contribution in [0, 0.1) is 5.41 Å². The maximum absolute atomic E-state index is 14.0. The highest BCUT2D eigenvalue weighted by atomic mass is 16.4. The van der Waals surface area contributed by atoms with Crippen molar-refractivity contribution in [1.29, 1.82) is 0 Å². The van der Waals surface area contributed by atoms with E-state index in [4.69, 9.17) is 4.42 Å². The Morgan fingerprint density at radius 2 is 1.72 bits per heavy atom. The van der Waals surface area contributed by atoms with Crippen molar-refractivity contribution in [1.82, 2.24) is 34.7 Å². The van der Waals surface area contributed by atoms with E-state index >= 15 is 0 Å². The number of nitrogens with zero attached hydrogens (tertiary/aromatic N) is 7. The van der Waals surface area contributed by atoms with Gasteiger partial charge in [0.15, 0.2) is 0 Å². The average molecular weight is 679 g/mol. The van der Waals surface area contributed by atoms with Gasteiger partial charge in [0.05, 0.1) is 17.5 Å². The first-order chi connectivity index (χ1) is 24.2. The minimum Gasteiger partial charge on any atom is -0.388 e. The molecule has 0 bridgehead atoms. The smallest absolute Gasteiger partial charge is 0.388 e. The molecule has 50 heavy (non-hydrogen) atoms. The lowest BCUT2D eigenvalue weighted by Crippen LogP contribution is -2.43. The van der Waals surface area contributed by atoms with Crippen molar-refractivity contribution in [3.63, 3.8) is 0 Å². The number of amides is 3. The highest BCUT2D eigenvalue weighted by Gasteiger charge is 2.51. The first-order valence-corrected chi connectivity index (χ1v) is 17.6. The number of carbonyl (C=O) groups is 3. The maximum atomic E-state index is 14.0. The van der Waals surface area contributed by atoms with Crippen LogP contribution in [0.4, 0.5) is 5.69 Å². The van der Waals surface area contributed by atoms with Gasteiger partial charge in [-0.3, -0.25) is 24.4 Å². The number of aryl methyl sites for hydroxylation is 1. The number of fused-ring (bicyclic) bond motifs is 1. The fraction of sp³-hybridized carbons (Fsp3) is 0.459. The zero-order valence-electron chi connectivity index (χ0n) is 28.6. The number of aromatic nitrogens is 4. The Balaban J connectivity index is 0.874. The summed E-state index contributed by atoms with van der Waals surface area (Å²) in [5.41, 5.74) is 5.39. The second kappa shape index (κ2) is 12.7. The number of benzene rings is 2. The second-order valence-corrected chi connectivity index (χ2v) is 14.3. The van der Waals surface area contributed by atoms with Crippen LogP contribution in [0.3, 0.4) is 0 Å². The van der Waals surface area contributed by atoms with Crippen LogP contribution >= 0.6 is 0 Å². The van der Waals surface area contributed by atoms with E-state index in [9.17, 15) is 19.2 Å². The molecule has 1 N–H and O–H groups in total. The first-order valence-electron chi connectivity index (χ1n) is 17.6. The number of piperidine rings is 1. The van der Waals surface area contributed by atoms with Crippen LogP contribution in [0.2, 0.25) is 0 Å². The molecule has 0 saturated carbocycles. The number of aromatic amines is 1. The normalized spacial score (nSPS) is 21.9. The second-order valence-electron chi connectivity index (χ2n) is 14.3. The Morgan fingerprint density at radius 3 is 2.42 bits per heavy atom. The molecule has 4 aromatic rings. The number of hydrogen-bond donors (Lipinski definition) is 1. The predicted octanol–water partition coefficient (Wildman–Crippen LogP) is 3.39. The standard InChI is InChI=1S/C37H42N8O5/c1-24(46)43-15-11-27(12-16-43)33-30-21-29(7-8-31(30)38-39-33)45-20-14-37(35(45)48)13-19-42(23-37)22-32(47)44-17-9-26(10-18-44)25-3-5-28(6-4-25)34-40-41(2)36(49)50-34/h3-9,21,27H,10-20,22-23H2,1-2H3,(H,38,39)/t37-/m0/s1. The monoisotopic (exact) mass is 678 g/mol. The third-order valence-corrected chi connectivity index (χ3v) is 11.3. The predicted molar refractivity (Wildman–Crippen MR) is 187 cm³/mol. The van der Waals surface area contributed by atoms with Crippen molar-refractivity contribution in [2.45, 2.75) is 44.9 Å². The molecule has 1 atom stereocenters. The first kappa shape index (κ1) is 32.2. The van der Waals surface area contributed by atoms with E-state index in [0.717, 1.165) is 85.1 Å². The topological polar surface area (TPSA) is 141 Å². The molecule has 0 aliphatic carbocycles. The largest absolute Gasteiger partial charge is 0.437 e. The van der Waals surface area contributed by atoms with Gasteiger partial charge < -0.3 is 19.1 Å². The van der Waals surface area contributed by atoms with E-state index in [2.05, 4.69) is 32.3 Å². The molecule has 3 fully saturated rings. The van der Waals surface area contributed by atoms with Crippen molar-refractivity contribution < 1.29 is 18.8 Å². The van der Waals surface area contributed by atoms with Gasteiger partial charge in [0, 0.05) is 81.5 Å². The summed E-state index contributed by atoms with van der Waals surface area (Å²) < 4.78 is 6.36. The molecule has 8 rings (SSSR count). The molecule has 1 spiro atoms. The number of H-pyrrole nitrogens is 1. The zero-order chi connectivity index (χ0) is 34.6. The Bertz CT molecular complexity index is 2050. The third kappa shape index (κ3) is 5.82. The molecule has 0 unspecified atom stereocenters. The Hall–Kier alpha value is -5.04. The van der Waals surface area contributed by atoms with E-state index in [1.807, 2.05) is 51.1 Å². The van der Waals surface area contributed by atoms with Crippen LogP contribution in [-0.2, 0) is 21.4 Å². The number of hydrogen-bond acceptors (Lipinski definition) is 8. The van der Waals surface area contributed by atoms with Crippen LogP contribution < -0.4 is 10.7 Å². The summed E-state index contributed by atoms with van der Waals surface area (Å²) in [5.74, 6) is 0.446. The molecule has 0 radical (unpaired) electrons. The maximum Gasteiger partial charge on any atom is 0.437 e. The SMILES string of the molecule is CC(=O)N1CCC(c2[nH]nc3ccc(N4CC[C@]5(CCN(CC(=O)N6CC=C(c7ccc(-c8nn(C)c(=O)o8)cc7)CC6)C5)C4=O)cc23)CC1. The van der Waals surface area contributed by atoms with Gasteiger partial charge in [-0.1, -0.05) is 18.2 Å². The summed E-state index contributed by atoms with van der Waals surface area (Å²) in [6.45, 7) is 6.60. The molecule has 3 saturated heterocycles. The van der Waals surface area contributed by atoms with E-state index in [1.165, 1.54) is 10.3 Å². The number of likely N-dealkylation sites (tertiary alicyclic amines) is 2. The molecule has 13 nitrogen and oxygen atoms in total. The van der Waals surface area contributed by atoms with Crippen LogP contribution in [-0.4, -0.2) is 105 Å². The summed E-state index contributed by atoms with van der Waals surface area (Å²) in [5, 5.41) is 13.0. The molecule has 3 amide bonds. The lowest BCUT2D eigenvalue weighted by molar-refractivity contribution is -0.132. The zero-order valence-corrected chi connectivity index (χ0v) is 28.6. The van der Waals surface area contributed by atoms with Crippen molar-refractivity contribution in [2.75, 3.05) is 57.3 Å². The van der Waals surface area contributed by atoms with E-state index in [0.29, 0.717) is 44.5 Å². The molecule has 2 aromatic heterocycles. The molecule has 2 aromatic carbocycles. The summed E-state index contributed by atoms with van der Waals surface area (Å²) in [6, 6.07) is 13.9. The highest BCUT2D eigenvalue weighted by molar-refractivity contribution is 6.02. The van der Waals surface area contributed by atoms with Crippen LogP contribution in [0.1, 0.15) is 56.2 Å². The fourth-order valence-electron chi connectivity index (χ4n) is 8.26. The van der Waals surface area contributed by atoms with Gasteiger partial charge in [-0.2, -0.15) is 9.78 Å². The molecular weight excluding hydrogens is 636 g/mol. The molecule has 13 heteroatoms. The van der Waals surface area contributed by atoms with Gasteiger partial charge in [-0.05, 0) is 80.1 Å². The minimum absolute atomic E-state index is 0.0901. The Labute approximate surface area is 289 Å². The molecular formula is C37H42N8O5. The lowest BCUT2D eigenvalue weighted by atomic mass is 9.85. The van der Waals surface area contributed by atoms with Crippen LogP contribution in [0.15, 0.2) is 57.8 Å². The summed E-state index contributed by atoms with van der Waals surface area (Å²) in [4.78, 5) is 58.7. The summed E-state index contributed by atoms with van der Waals surface area (Å²) >= 11 is 0. The van der Waals surface area contributed by atoms with Crippen molar-refractivity contribution in [3.8, 4) is 11.5 Å². The average Bonchev–Trinajstić information content (AvgIpc) is 3.91. The molecule has 4 aliphatic heterocycles. The van der Waals surface area contributed by atoms with Gasteiger partial charge in [0.1, 0.15) is 0 Å². The van der Waals surface area contributed by atoms with Crippen molar-refractivity contribution in [3.05, 3.63) is 70.3 Å². The number of nitrogens with one attached hydrogen (secondary N) is 1. The van der Waals surface area contributed by atoms with Gasteiger partial charge in [0.25, 0.3) is 0 Å². The van der Waals surface area contributed by atoms with Crippen molar-refractivity contribution >= 4 is 39.9 Å². The van der Waals surface area contributed by atoms with Gasteiger partial charge in [-0.25, -0.2) is 4.79 Å². The number of carbonyl (C=O) groups excluding carboxylic acids is 3. The van der Waals surface area contributed by atoms with E-state index in [-0.39, 0.29) is 17.7 Å². The van der Waals surface area contributed by atoms with E-state index in [1.54, 1.807) is 14.0 Å².